The van der Waals surface area contributed by atoms with Crippen molar-refractivity contribution in [3.8, 4) is 17.3 Å². The highest BCUT2D eigenvalue weighted by Gasteiger charge is 2.34. The maximum Gasteiger partial charge on any atom is 0.256 e. The zero-order valence-corrected chi connectivity index (χ0v) is 16.6. The van der Waals surface area contributed by atoms with Gasteiger partial charge in [-0.15, -0.1) is 0 Å². The van der Waals surface area contributed by atoms with Crippen molar-refractivity contribution in [1.29, 1.82) is 0 Å². The molecule has 1 amide bonds. The van der Waals surface area contributed by atoms with Gasteiger partial charge in [0.1, 0.15) is 11.9 Å². The van der Waals surface area contributed by atoms with Crippen molar-refractivity contribution < 1.29 is 19.4 Å². The van der Waals surface area contributed by atoms with Crippen LogP contribution < -0.4 is 9.47 Å². The van der Waals surface area contributed by atoms with Gasteiger partial charge in [-0.3, -0.25) is 4.79 Å². The molecule has 0 radical (unpaired) electrons. The van der Waals surface area contributed by atoms with Crippen LogP contribution in [0.1, 0.15) is 23.2 Å². The lowest BCUT2D eigenvalue weighted by molar-refractivity contribution is 0.0200. The number of aromatic nitrogens is 4. The molecule has 3 aromatic rings. The molecule has 3 heterocycles. The van der Waals surface area contributed by atoms with Gasteiger partial charge in [-0.25, -0.2) is 4.98 Å². The SMILES string of the molecule is COc1ccnc(OC2CC[C@@H](CO)N(C(=O)c3ccccc3-n3nccn3)C2)c1. The second-order valence-corrected chi connectivity index (χ2v) is 6.98. The quantitative estimate of drug-likeness (QED) is 0.661. The molecule has 30 heavy (non-hydrogen) atoms. The summed E-state index contributed by atoms with van der Waals surface area (Å²) >= 11 is 0. The Hall–Kier alpha value is -3.46. The van der Waals surface area contributed by atoms with Gasteiger partial charge in [0.05, 0.1) is 49.9 Å². The first-order chi connectivity index (χ1) is 14.7. The topological polar surface area (TPSA) is 103 Å². The van der Waals surface area contributed by atoms with Crippen molar-refractivity contribution in [1.82, 2.24) is 24.9 Å². The van der Waals surface area contributed by atoms with E-state index in [4.69, 9.17) is 9.47 Å². The van der Waals surface area contributed by atoms with Gasteiger partial charge in [-0.2, -0.15) is 15.0 Å². The van der Waals surface area contributed by atoms with Crippen LogP contribution in [0.4, 0.5) is 0 Å². The maximum absolute atomic E-state index is 13.4. The zero-order valence-electron chi connectivity index (χ0n) is 16.6. The number of aliphatic hydroxyl groups is 1. The fourth-order valence-electron chi connectivity index (χ4n) is 3.61. The summed E-state index contributed by atoms with van der Waals surface area (Å²) in [6.45, 7) is 0.224. The summed E-state index contributed by atoms with van der Waals surface area (Å²) in [4.78, 5) is 20.7. The Morgan fingerprint density at radius 1 is 1.17 bits per heavy atom. The van der Waals surface area contributed by atoms with E-state index in [0.717, 1.165) is 0 Å². The molecule has 0 aliphatic carbocycles. The minimum absolute atomic E-state index is 0.113. The molecule has 9 nitrogen and oxygen atoms in total. The second-order valence-electron chi connectivity index (χ2n) is 6.98. The van der Waals surface area contributed by atoms with Crippen LogP contribution >= 0.6 is 0 Å². The Labute approximate surface area is 173 Å². The van der Waals surface area contributed by atoms with Gasteiger partial charge in [0.25, 0.3) is 5.91 Å². The summed E-state index contributed by atoms with van der Waals surface area (Å²) in [7, 11) is 1.58. The van der Waals surface area contributed by atoms with E-state index in [-0.39, 0.29) is 24.7 Å². The average Bonchev–Trinajstić information content (AvgIpc) is 3.33. The minimum atomic E-state index is -0.283. The summed E-state index contributed by atoms with van der Waals surface area (Å²) in [5.74, 6) is 0.891. The molecule has 156 valence electrons. The van der Waals surface area contributed by atoms with Crippen LogP contribution in [0, 0.1) is 0 Å². The highest BCUT2D eigenvalue weighted by molar-refractivity contribution is 5.98. The molecule has 1 fully saturated rings. The minimum Gasteiger partial charge on any atom is -0.497 e. The number of methoxy groups -OCH3 is 1. The number of benzene rings is 1. The van der Waals surface area contributed by atoms with Gasteiger partial charge >= 0.3 is 0 Å². The van der Waals surface area contributed by atoms with Crippen LogP contribution in [-0.2, 0) is 0 Å². The molecule has 0 saturated carbocycles. The van der Waals surface area contributed by atoms with E-state index >= 15 is 0 Å². The molecule has 1 aromatic carbocycles. The van der Waals surface area contributed by atoms with Crippen molar-refractivity contribution >= 4 is 5.91 Å². The lowest BCUT2D eigenvalue weighted by atomic mass is 9.98. The number of aliphatic hydroxyl groups excluding tert-OH is 1. The molecule has 4 rings (SSSR count). The maximum atomic E-state index is 13.4. The second kappa shape index (κ2) is 8.91. The zero-order chi connectivity index (χ0) is 20.9. The largest absolute Gasteiger partial charge is 0.497 e. The number of piperidine rings is 1. The van der Waals surface area contributed by atoms with Crippen molar-refractivity contribution in [3.63, 3.8) is 0 Å². The molecule has 1 aliphatic heterocycles. The summed E-state index contributed by atoms with van der Waals surface area (Å²) in [6.07, 6.45) is 5.82. The number of carbonyl (C=O) groups is 1. The lowest BCUT2D eigenvalue weighted by Crippen LogP contribution is -2.52. The van der Waals surface area contributed by atoms with Gasteiger partial charge in [-0.05, 0) is 31.0 Å². The summed E-state index contributed by atoms with van der Waals surface area (Å²) < 4.78 is 11.2. The molecular formula is C21H23N5O4. The Morgan fingerprint density at radius 2 is 1.97 bits per heavy atom. The standard InChI is InChI=1S/C21H23N5O4/c1-29-16-8-9-22-20(12-16)30-17-7-6-15(14-27)25(13-17)21(28)18-4-2-3-5-19(18)26-23-10-11-24-26/h2-5,8-12,15,17,27H,6-7,13-14H2,1H3/t15-,17?/m0/s1. The van der Waals surface area contributed by atoms with E-state index in [2.05, 4.69) is 15.2 Å². The normalized spacial score (nSPS) is 18.8. The third-order valence-corrected chi connectivity index (χ3v) is 5.13. The third kappa shape index (κ3) is 4.11. The van der Waals surface area contributed by atoms with Crippen molar-refractivity contribution in [2.24, 2.45) is 0 Å². The molecule has 0 bridgehead atoms. The number of ether oxygens (including phenoxy) is 2. The first-order valence-electron chi connectivity index (χ1n) is 9.74. The number of rotatable bonds is 6. The summed E-state index contributed by atoms with van der Waals surface area (Å²) in [5.41, 5.74) is 1.05. The number of hydrogen-bond acceptors (Lipinski definition) is 7. The highest BCUT2D eigenvalue weighted by Crippen LogP contribution is 2.26. The van der Waals surface area contributed by atoms with Gasteiger partial charge in [0, 0.05) is 12.3 Å². The van der Waals surface area contributed by atoms with E-state index in [1.54, 1.807) is 60.9 Å². The predicted octanol–water partition coefficient (Wildman–Crippen LogP) is 1.72. The fraction of sp³-hybridized carbons (Fsp3) is 0.333. The van der Waals surface area contributed by atoms with Crippen LogP contribution in [-0.4, -0.2) is 68.3 Å². The van der Waals surface area contributed by atoms with Crippen LogP contribution in [0.3, 0.4) is 0 Å². The average molecular weight is 409 g/mol. The number of hydrogen-bond donors (Lipinski definition) is 1. The van der Waals surface area contributed by atoms with Gasteiger partial charge in [0.2, 0.25) is 5.88 Å². The smallest absolute Gasteiger partial charge is 0.256 e. The van der Waals surface area contributed by atoms with Crippen LogP contribution in [0.15, 0.2) is 55.0 Å². The molecule has 2 atom stereocenters. The summed E-state index contributed by atoms with van der Waals surface area (Å²) in [6, 6.07) is 10.3. The van der Waals surface area contributed by atoms with Crippen LogP contribution in [0.25, 0.3) is 5.69 Å². The highest BCUT2D eigenvalue weighted by atomic mass is 16.5. The molecule has 1 saturated heterocycles. The van der Waals surface area contributed by atoms with Crippen LogP contribution in [0.5, 0.6) is 11.6 Å². The Bertz CT molecular complexity index is 995. The molecule has 1 unspecified atom stereocenters. The van der Waals surface area contributed by atoms with Gasteiger partial charge < -0.3 is 19.5 Å². The van der Waals surface area contributed by atoms with Gasteiger partial charge in [-0.1, -0.05) is 12.1 Å². The number of nitrogens with zero attached hydrogens (tertiary/aromatic N) is 5. The molecule has 9 heteroatoms. The Balaban J connectivity index is 1.56. The van der Waals surface area contributed by atoms with Crippen molar-refractivity contribution in [3.05, 3.63) is 60.6 Å². The van der Waals surface area contributed by atoms with Crippen LogP contribution in [0.2, 0.25) is 0 Å². The van der Waals surface area contributed by atoms with E-state index in [0.29, 0.717) is 42.3 Å². The number of likely N-dealkylation sites (tertiary alicyclic amines) is 1. The Morgan fingerprint density at radius 3 is 2.73 bits per heavy atom. The fourth-order valence-corrected chi connectivity index (χ4v) is 3.61. The summed E-state index contributed by atoms with van der Waals surface area (Å²) in [5, 5.41) is 18.1. The lowest BCUT2D eigenvalue weighted by Gasteiger charge is -2.38. The van der Waals surface area contributed by atoms with E-state index in [1.165, 1.54) is 4.80 Å². The third-order valence-electron chi connectivity index (χ3n) is 5.13. The molecule has 0 spiro atoms. The van der Waals surface area contributed by atoms with E-state index in [9.17, 15) is 9.90 Å². The Kier molecular flexibility index (Phi) is 5.89. The number of pyridine rings is 1. The molecule has 1 N–H and O–H groups in total. The van der Waals surface area contributed by atoms with E-state index in [1.807, 2.05) is 6.07 Å². The van der Waals surface area contributed by atoms with Crippen molar-refractivity contribution in [2.75, 3.05) is 20.3 Å². The van der Waals surface area contributed by atoms with E-state index < -0.39 is 0 Å². The number of para-hydroxylation sites is 1. The van der Waals surface area contributed by atoms with Crippen molar-refractivity contribution in [2.45, 2.75) is 25.0 Å². The molecule has 1 aliphatic rings. The first-order valence-corrected chi connectivity index (χ1v) is 9.74. The monoisotopic (exact) mass is 409 g/mol. The molecular weight excluding hydrogens is 386 g/mol. The number of carbonyl (C=O) groups excluding carboxylic acids is 1. The predicted molar refractivity (Wildman–Crippen MR) is 108 cm³/mol. The first kappa shape index (κ1) is 19.8. The molecule has 2 aromatic heterocycles. The number of amides is 1. The van der Waals surface area contributed by atoms with Gasteiger partial charge in [0.15, 0.2) is 0 Å².